The number of halogens is 1. The smallest absolute Gasteiger partial charge is 0.175 e. The Kier molecular flexibility index (Phi) is 6.13. The molecule has 2 rings (SSSR count). The van der Waals surface area contributed by atoms with Crippen LogP contribution in [0.25, 0.3) is 0 Å². The van der Waals surface area contributed by atoms with Gasteiger partial charge in [0.2, 0.25) is 0 Å². The molecule has 112 valence electrons. The molecule has 4 nitrogen and oxygen atoms in total. The van der Waals surface area contributed by atoms with Gasteiger partial charge >= 0.3 is 0 Å². The summed E-state index contributed by atoms with van der Waals surface area (Å²) in [5.74, 6) is 1.57. The van der Waals surface area contributed by atoms with Gasteiger partial charge in [0.05, 0.1) is 24.3 Å². The second-order valence-corrected chi connectivity index (χ2v) is 5.58. The Hall–Kier alpha value is -0.780. The molecule has 5 heteroatoms. The average Bonchev–Trinajstić information content (AvgIpc) is 2.93. The zero-order chi connectivity index (χ0) is 14.4. The highest BCUT2D eigenvalue weighted by molar-refractivity contribution is 9.10. The van der Waals surface area contributed by atoms with E-state index in [1.807, 2.05) is 13.0 Å². The third kappa shape index (κ3) is 4.11. The van der Waals surface area contributed by atoms with Crippen molar-refractivity contribution < 1.29 is 14.2 Å². The first-order valence-corrected chi connectivity index (χ1v) is 7.94. The van der Waals surface area contributed by atoms with Gasteiger partial charge in [-0.25, -0.2) is 0 Å². The number of hydrogen-bond donors (Lipinski definition) is 1. The van der Waals surface area contributed by atoms with Gasteiger partial charge in [-0.2, -0.15) is 0 Å². The van der Waals surface area contributed by atoms with Gasteiger partial charge in [-0.15, -0.1) is 0 Å². The normalized spacial score (nSPS) is 18.2. The van der Waals surface area contributed by atoms with E-state index in [9.17, 15) is 0 Å². The largest absolute Gasteiger partial charge is 0.490 e. The Morgan fingerprint density at radius 3 is 2.90 bits per heavy atom. The van der Waals surface area contributed by atoms with Crippen LogP contribution in [0.15, 0.2) is 16.6 Å². The predicted octanol–water partition coefficient (Wildman–Crippen LogP) is 3.13. The van der Waals surface area contributed by atoms with Crippen molar-refractivity contribution in [2.24, 2.45) is 0 Å². The van der Waals surface area contributed by atoms with Crippen LogP contribution in [-0.4, -0.2) is 32.5 Å². The molecule has 1 aliphatic heterocycles. The van der Waals surface area contributed by atoms with E-state index in [1.165, 1.54) is 5.56 Å². The van der Waals surface area contributed by atoms with E-state index in [2.05, 4.69) is 34.2 Å². The molecule has 0 amide bonds. The molecule has 0 radical (unpaired) electrons. The Labute approximate surface area is 128 Å². The fourth-order valence-electron chi connectivity index (χ4n) is 2.14. The van der Waals surface area contributed by atoms with Crippen molar-refractivity contribution >= 4 is 15.9 Å². The minimum absolute atomic E-state index is 0.116. The van der Waals surface area contributed by atoms with E-state index in [1.54, 1.807) is 0 Å². The van der Waals surface area contributed by atoms with Crippen molar-refractivity contribution in [3.8, 4) is 11.5 Å². The monoisotopic (exact) mass is 343 g/mol. The van der Waals surface area contributed by atoms with Crippen LogP contribution in [0.4, 0.5) is 0 Å². The second-order valence-electron chi connectivity index (χ2n) is 4.72. The standard InChI is InChI=1S/C15H22BrNO3/c1-3-17-9-11-7-13(16)15(14(8-11)19-4-2)20-12-5-6-18-10-12/h7-8,12,17H,3-6,9-10H2,1-2H3. The number of nitrogens with one attached hydrogen (secondary N) is 1. The first-order chi connectivity index (χ1) is 9.74. The van der Waals surface area contributed by atoms with E-state index in [4.69, 9.17) is 14.2 Å². The molecular formula is C15H22BrNO3. The molecule has 0 aromatic heterocycles. The minimum Gasteiger partial charge on any atom is -0.490 e. The van der Waals surface area contributed by atoms with Gasteiger partial charge in [0, 0.05) is 13.0 Å². The lowest BCUT2D eigenvalue weighted by Crippen LogP contribution is -2.17. The van der Waals surface area contributed by atoms with Crippen LogP contribution in [-0.2, 0) is 11.3 Å². The zero-order valence-corrected chi connectivity index (χ0v) is 13.7. The summed E-state index contributed by atoms with van der Waals surface area (Å²) in [4.78, 5) is 0. The maximum Gasteiger partial charge on any atom is 0.175 e. The van der Waals surface area contributed by atoms with Crippen molar-refractivity contribution in [3.63, 3.8) is 0 Å². The Bertz CT molecular complexity index is 433. The topological polar surface area (TPSA) is 39.7 Å². The Morgan fingerprint density at radius 1 is 1.40 bits per heavy atom. The van der Waals surface area contributed by atoms with Gasteiger partial charge in [0.25, 0.3) is 0 Å². The highest BCUT2D eigenvalue weighted by atomic mass is 79.9. The summed E-state index contributed by atoms with van der Waals surface area (Å²) < 4.78 is 18.0. The van der Waals surface area contributed by atoms with Crippen LogP contribution in [0.3, 0.4) is 0 Å². The molecule has 1 aromatic carbocycles. The fourth-order valence-corrected chi connectivity index (χ4v) is 2.73. The van der Waals surface area contributed by atoms with Crippen molar-refractivity contribution in [1.29, 1.82) is 0 Å². The zero-order valence-electron chi connectivity index (χ0n) is 12.1. The molecule has 1 aliphatic rings. The van der Waals surface area contributed by atoms with Crippen molar-refractivity contribution in [2.45, 2.75) is 32.9 Å². The van der Waals surface area contributed by atoms with E-state index in [0.29, 0.717) is 13.2 Å². The van der Waals surface area contributed by atoms with Crippen LogP contribution in [0, 0.1) is 0 Å². The molecule has 1 N–H and O–H groups in total. The molecule has 1 unspecified atom stereocenters. The van der Waals surface area contributed by atoms with E-state index >= 15 is 0 Å². The molecule has 0 bridgehead atoms. The molecule has 0 aliphatic carbocycles. The maximum absolute atomic E-state index is 6.03. The molecule has 20 heavy (non-hydrogen) atoms. The molecule has 1 heterocycles. The summed E-state index contributed by atoms with van der Waals surface area (Å²) in [6, 6.07) is 4.12. The number of ether oxygens (including phenoxy) is 3. The van der Waals surface area contributed by atoms with Crippen molar-refractivity contribution in [2.75, 3.05) is 26.4 Å². The summed E-state index contributed by atoms with van der Waals surface area (Å²) in [5.41, 5.74) is 1.18. The van der Waals surface area contributed by atoms with Gasteiger partial charge < -0.3 is 19.5 Å². The van der Waals surface area contributed by atoms with Gasteiger partial charge in [-0.3, -0.25) is 0 Å². The van der Waals surface area contributed by atoms with Crippen LogP contribution in [0.2, 0.25) is 0 Å². The van der Waals surface area contributed by atoms with E-state index in [-0.39, 0.29) is 6.10 Å². The molecule has 1 aromatic rings. The van der Waals surface area contributed by atoms with Gasteiger partial charge in [-0.1, -0.05) is 6.92 Å². The minimum atomic E-state index is 0.116. The van der Waals surface area contributed by atoms with Crippen molar-refractivity contribution in [1.82, 2.24) is 5.32 Å². The van der Waals surface area contributed by atoms with Crippen molar-refractivity contribution in [3.05, 3.63) is 22.2 Å². The van der Waals surface area contributed by atoms with Crippen LogP contribution < -0.4 is 14.8 Å². The predicted molar refractivity (Wildman–Crippen MR) is 82.5 cm³/mol. The number of benzene rings is 1. The summed E-state index contributed by atoms with van der Waals surface area (Å²) in [5, 5.41) is 3.32. The van der Waals surface area contributed by atoms with Crippen LogP contribution >= 0.6 is 15.9 Å². The third-order valence-corrected chi connectivity index (χ3v) is 3.71. The van der Waals surface area contributed by atoms with Crippen LogP contribution in [0.1, 0.15) is 25.8 Å². The van der Waals surface area contributed by atoms with E-state index in [0.717, 1.165) is 42.1 Å². The third-order valence-electron chi connectivity index (χ3n) is 3.12. The fraction of sp³-hybridized carbons (Fsp3) is 0.600. The molecule has 1 saturated heterocycles. The Balaban J connectivity index is 2.18. The molecular weight excluding hydrogens is 322 g/mol. The van der Waals surface area contributed by atoms with E-state index < -0.39 is 0 Å². The SMILES string of the molecule is CCNCc1cc(Br)c(OC2CCOC2)c(OCC)c1. The molecule has 0 spiro atoms. The van der Waals surface area contributed by atoms with Crippen LogP contribution in [0.5, 0.6) is 11.5 Å². The van der Waals surface area contributed by atoms with Gasteiger partial charge in [0.15, 0.2) is 11.5 Å². The number of hydrogen-bond acceptors (Lipinski definition) is 4. The summed E-state index contributed by atoms with van der Waals surface area (Å²) >= 11 is 3.59. The van der Waals surface area contributed by atoms with Gasteiger partial charge in [-0.05, 0) is 47.1 Å². The highest BCUT2D eigenvalue weighted by Gasteiger charge is 2.21. The lowest BCUT2D eigenvalue weighted by molar-refractivity contribution is 0.137. The average molecular weight is 344 g/mol. The number of rotatable bonds is 7. The summed E-state index contributed by atoms with van der Waals surface area (Å²) in [6.07, 6.45) is 1.04. The first-order valence-electron chi connectivity index (χ1n) is 7.15. The molecule has 1 atom stereocenters. The second kappa shape index (κ2) is 7.86. The lowest BCUT2D eigenvalue weighted by Gasteiger charge is -2.18. The summed E-state index contributed by atoms with van der Waals surface area (Å²) in [7, 11) is 0. The first kappa shape index (κ1) is 15.6. The van der Waals surface area contributed by atoms with Gasteiger partial charge in [0.1, 0.15) is 6.10 Å². The molecule has 0 saturated carbocycles. The quantitative estimate of drug-likeness (QED) is 0.825. The molecule has 1 fully saturated rings. The Morgan fingerprint density at radius 2 is 2.25 bits per heavy atom. The maximum atomic E-state index is 6.03. The lowest BCUT2D eigenvalue weighted by atomic mass is 10.2. The summed E-state index contributed by atoms with van der Waals surface area (Å²) in [6.45, 7) is 7.88. The highest BCUT2D eigenvalue weighted by Crippen LogP contribution is 2.38.